The standard InChI is InChI=1S/C12H8Cl2FNO/c13-9-2-1-3-10(15)12(9)17-7-8-4-5-11(14)16-6-8/h1-6H,7H2. The minimum absolute atomic E-state index is 0.0455. The van der Waals surface area contributed by atoms with E-state index in [0.717, 1.165) is 5.56 Å². The Morgan fingerprint density at radius 1 is 1.18 bits per heavy atom. The molecule has 5 heteroatoms. The summed E-state index contributed by atoms with van der Waals surface area (Å²) >= 11 is 11.5. The molecule has 0 aliphatic rings. The van der Waals surface area contributed by atoms with Crippen molar-refractivity contribution >= 4 is 23.2 Å². The van der Waals surface area contributed by atoms with E-state index in [1.165, 1.54) is 12.1 Å². The van der Waals surface area contributed by atoms with Crippen LogP contribution in [0.15, 0.2) is 36.5 Å². The van der Waals surface area contributed by atoms with Crippen LogP contribution in [0.3, 0.4) is 0 Å². The molecule has 1 aromatic heterocycles. The Kier molecular flexibility index (Phi) is 3.82. The molecule has 0 atom stereocenters. The quantitative estimate of drug-likeness (QED) is 0.784. The van der Waals surface area contributed by atoms with Crippen LogP contribution in [0.4, 0.5) is 4.39 Å². The zero-order chi connectivity index (χ0) is 12.3. The fourth-order valence-electron chi connectivity index (χ4n) is 1.27. The molecule has 2 aromatic rings. The minimum atomic E-state index is -0.487. The lowest BCUT2D eigenvalue weighted by atomic mass is 10.3. The van der Waals surface area contributed by atoms with E-state index in [2.05, 4.69) is 4.98 Å². The van der Waals surface area contributed by atoms with Gasteiger partial charge in [-0.3, -0.25) is 0 Å². The number of halogens is 3. The highest BCUT2D eigenvalue weighted by molar-refractivity contribution is 6.32. The van der Waals surface area contributed by atoms with Gasteiger partial charge in [0.15, 0.2) is 11.6 Å². The first-order valence-electron chi connectivity index (χ1n) is 4.84. The molecule has 17 heavy (non-hydrogen) atoms. The van der Waals surface area contributed by atoms with Crippen LogP contribution in [0, 0.1) is 5.82 Å². The highest BCUT2D eigenvalue weighted by Gasteiger charge is 2.08. The van der Waals surface area contributed by atoms with Gasteiger partial charge < -0.3 is 4.74 Å². The summed E-state index contributed by atoms with van der Waals surface area (Å²) in [6.07, 6.45) is 1.57. The van der Waals surface area contributed by atoms with Crippen molar-refractivity contribution in [2.75, 3.05) is 0 Å². The lowest BCUT2D eigenvalue weighted by Gasteiger charge is -2.08. The van der Waals surface area contributed by atoms with Crippen molar-refractivity contribution in [1.29, 1.82) is 0 Å². The highest BCUT2D eigenvalue weighted by Crippen LogP contribution is 2.27. The van der Waals surface area contributed by atoms with Crippen LogP contribution in [0.1, 0.15) is 5.56 Å². The largest absolute Gasteiger partial charge is 0.484 e. The summed E-state index contributed by atoms with van der Waals surface area (Å²) in [4.78, 5) is 3.89. The second-order valence-corrected chi connectivity index (χ2v) is 4.12. The van der Waals surface area contributed by atoms with E-state index in [0.29, 0.717) is 5.15 Å². The fraction of sp³-hybridized carbons (Fsp3) is 0.0833. The van der Waals surface area contributed by atoms with Gasteiger partial charge in [-0.15, -0.1) is 0 Å². The van der Waals surface area contributed by atoms with Gasteiger partial charge in [-0.25, -0.2) is 9.37 Å². The Morgan fingerprint density at radius 3 is 2.65 bits per heavy atom. The maximum Gasteiger partial charge on any atom is 0.174 e. The van der Waals surface area contributed by atoms with Gasteiger partial charge in [-0.05, 0) is 18.2 Å². The molecule has 1 heterocycles. The maximum atomic E-state index is 13.4. The Balaban J connectivity index is 2.10. The van der Waals surface area contributed by atoms with Gasteiger partial charge in [-0.1, -0.05) is 35.3 Å². The zero-order valence-electron chi connectivity index (χ0n) is 8.66. The molecule has 0 unspecified atom stereocenters. The van der Waals surface area contributed by atoms with Crippen molar-refractivity contribution in [2.45, 2.75) is 6.61 Å². The first-order chi connectivity index (χ1) is 8.16. The summed E-state index contributed by atoms with van der Waals surface area (Å²) in [5, 5.41) is 0.643. The lowest BCUT2D eigenvalue weighted by Crippen LogP contribution is -1.98. The molecular weight excluding hydrogens is 264 g/mol. The summed E-state index contributed by atoms with van der Waals surface area (Å²) in [6, 6.07) is 7.78. The van der Waals surface area contributed by atoms with Crippen LogP contribution in [-0.4, -0.2) is 4.98 Å². The predicted octanol–water partition coefficient (Wildman–Crippen LogP) is 4.11. The van der Waals surface area contributed by atoms with Gasteiger partial charge >= 0.3 is 0 Å². The van der Waals surface area contributed by atoms with Crippen molar-refractivity contribution in [3.63, 3.8) is 0 Å². The summed E-state index contributed by atoms with van der Waals surface area (Å²) in [6.45, 7) is 0.185. The molecule has 0 aliphatic carbocycles. The number of hydrogen-bond acceptors (Lipinski definition) is 2. The van der Waals surface area contributed by atoms with Gasteiger partial charge in [-0.2, -0.15) is 0 Å². The fourth-order valence-corrected chi connectivity index (χ4v) is 1.60. The Bertz CT molecular complexity index is 496. The molecule has 0 N–H and O–H groups in total. The maximum absolute atomic E-state index is 13.4. The van der Waals surface area contributed by atoms with Crippen LogP contribution in [-0.2, 0) is 6.61 Å². The van der Waals surface area contributed by atoms with Gasteiger partial charge in [0.2, 0.25) is 0 Å². The second-order valence-electron chi connectivity index (χ2n) is 3.33. The van der Waals surface area contributed by atoms with Gasteiger partial charge in [0.1, 0.15) is 11.8 Å². The summed E-state index contributed by atoms with van der Waals surface area (Å²) in [7, 11) is 0. The number of aromatic nitrogens is 1. The molecule has 0 aliphatic heterocycles. The smallest absolute Gasteiger partial charge is 0.174 e. The second kappa shape index (κ2) is 5.34. The number of pyridine rings is 1. The Labute approximate surface area is 108 Å². The number of nitrogens with zero attached hydrogens (tertiary/aromatic N) is 1. The number of benzene rings is 1. The molecule has 0 radical (unpaired) electrons. The molecule has 0 fully saturated rings. The monoisotopic (exact) mass is 271 g/mol. The lowest BCUT2D eigenvalue weighted by molar-refractivity contribution is 0.290. The van der Waals surface area contributed by atoms with Crippen molar-refractivity contribution in [1.82, 2.24) is 4.98 Å². The van der Waals surface area contributed by atoms with E-state index >= 15 is 0 Å². The summed E-state index contributed by atoms with van der Waals surface area (Å²) < 4.78 is 18.7. The topological polar surface area (TPSA) is 22.1 Å². The molecule has 0 saturated carbocycles. The molecule has 88 valence electrons. The van der Waals surface area contributed by atoms with E-state index in [1.54, 1.807) is 24.4 Å². The molecule has 0 spiro atoms. The summed E-state index contributed by atoms with van der Waals surface area (Å²) in [5.41, 5.74) is 0.786. The molecule has 2 nitrogen and oxygen atoms in total. The average Bonchev–Trinajstić information content (AvgIpc) is 2.31. The normalized spacial score (nSPS) is 10.3. The van der Waals surface area contributed by atoms with Crippen LogP contribution in [0.25, 0.3) is 0 Å². The molecular formula is C12H8Cl2FNO. The van der Waals surface area contributed by atoms with Gasteiger partial charge in [0, 0.05) is 11.8 Å². The van der Waals surface area contributed by atoms with E-state index in [1.807, 2.05) is 0 Å². The van der Waals surface area contributed by atoms with Crippen LogP contribution >= 0.6 is 23.2 Å². The molecule has 2 rings (SSSR count). The third-order valence-electron chi connectivity index (χ3n) is 2.09. The Morgan fingerprint density at radius 2 is 2.00 bits per heavy atom. The zero-order valence-corrected chi connectivity index (χ0v) is 10.2. The van der Waals surface area contributed by atoms with Gasteiger partial charge in [0.25, 0.3) is 0 Å². The van der Waals surface area contributed by atoms with Crippen molar-refractivity contribution in [3.8, 4) is 5.75 Å². The van der Waals surface area contributed by atoms with E-state index in [9.17, 15) is 4.39 Å². The minimum Gasteiger partial charge on any atom is -0.484 e. The predicted molar refractivity (Wildman–Crippen MR) is 65.0 cm³/mol. The SMILES string of the molecule is Fc1cccc(Cl)c1OCc1ccc(Cl)nc1. The summed E-state index contributed by atoms with van der Waals surface area (Å²) in [5.74, 6) is -0.441. The van der Waals surface area contributed by atoms with Crippen LogP contribution in [0.2, 0.25) is 10.2 Å². The van der Waals surface area contributed by atoms with E-state index < -0.39 is 5.82 Å². The van der Waals surface area contributed by atoms with Crippen molar-refractivity contribution < 1.29 is 9.13 Å². The van der Waals surface area contributed by atoms with Crippen molar-refractivity contribution in [3.05, 3.63) is 58.1 Å². The number of hydrogen-bond donors (Lipinski definition) is 0. The van der Waals surface area contributed by atoms with E-state index in [4.69, 9.17) is 27.9 Å². The Hall–Kier alpha value is -1.32. The molecule has 0 amide bonds. The average molecular weight is 272 g/mol. The molecule has 1 aromatic carbocycles. The van der Waals surface area contributed by atoms with Crippen molar-refractivity contribution in [2.24, 2.45) is 0 Å². The highest BCUT2D eigenvalue weighted by atomic mass is 35.5. The third-order valence-corrected chi connectivity index (χ3v) is 2.61. The third kappa shape index (κ3) is 3.08. The number of ether oxygens (including phenoxy) is 1. The van der Waals surface area contributed by atoms with Crippen LogP contribution in [0.5, 0.6) is 5.75 Å². The molecule has 0 bridgehead atoms. The number of para-hydroxylation sites is 1. The van der Waals surface area contributed by atoms with Crippen LogP contribution < -0.4 is 4.74 Å². The first-order valence-corrected chi connectivity index (χ1v) is 5.59. The van der Waals surface area contributed by atoms with Gasteiger partial charge in [0.05, 0.1) is 5.02 Å². The first kappa shape index (κ1) is 12.1. The van der Waals surface area contributed by atoms with E-state index in [-0.39, 0.29) is 17.4 Å². The number of rotatable bonds is 3. The molecule has 0 saturated heterocycles.